The van der Waals surface area contributed by atoms with Crippen LogP contribution in [0.4, 0.5) is 5.69 Å². The highest BCUT2D eigenvalue weighted by Gasteiger charge is 2.12. The number of pyridine rings is 1. The predicted molar refractivity (Wildman–Crippen MR) is 59.8 cm³/mol. The third-order valence-corrected chi connectivity index (χ3v) is 2.64. The molecular weight excluding hydrogens is 206 g/mol. The number of nitroso groups, excluding NO2 is 1. The lowest BCUT2D eigenvalue weighted by atomic mass is 10.3. The lowest BCUT2D eigenvalue weighted by Crippen LogP contribution is -1.89. The lowest BCUT2D eigenvalue weighted by molar-refractivity contribution is 1.02. The summed E-state index contributed by atoms with van der Waals surface area (Å²) in [5.74, 6) is 0.740. The molecule has 3 rings (SSSR count). The summed E-state index contributed by atoms with van der Waals surface area (Å²) in [4.78, 5) is 13.9. The zero-order valence-corrected chi connectivity index (χ0v) is 8.85. The first-order valence-electron chi connectivity index (χ1n) is 4.88. The molecular formula is C10H9N5O. The molecule has 0 fully saturated rings. The molecule has 6 heteroatoms. The summed E-state index contributed by atoms with van der Waals surface area (Å²) < 4.78 is 1.83. The highest BCUT2D eigenvalue weighted by atomic mass is 16.3. The van der Waals surface area contributed by atoms with Crippen LogP contribution >= 0.6 is 0 Å². The van der Waals surface area contributed by atoms with Crippen molar-refractivity contribution in [3.8, 4) is 0 Å². The van der Waals surface area contributed by atoms with Gasteiger partial charge < -0.3 is 4.98 Å². The Morgan fingerprint density at radius 2 is 2.12 bits per heavy atom. The third-order valence-electron chi connectivity index (χ3n) is 2.64. The highest BCUT2D eigenvalue weighted by molar-refractivity contribution is 5.86. The quantitative estimate of drug-likeness (QED) is 0.632. The molecule has 0 saturated carbocycles. The van der Waals surface area contributed by atoms with E-state index in [1.807, 2.05) is 24.3 Å². The number of fused-ring (bicyclic) bond motifs is 3. The second-order valence-corrected chi connectivity index (χ2v) is 3.78. The fourth-order valence-corrected chi connectivity index (χ4v) is 1.98. The molecule has 0 atom stereocenters. The minimum absolute atomic E-state index is 0.301. The number of aryl methyl sites for hydroxylation is 2. The summed E-state index contributed by atoms with van der Waals surface area (Å²) in [6, 6.07) is 3.69. The zero-order valence-electron chi connectivity index (χ0n) is 8.85. The van der Waals surface area contributed by atoms with Crippen LogP contribution in [0.5, 0.6) is 0 Å². The van der Waals surface area contributed by atoms with Crippen molar-refractivity contribution in [2.24, 2.45) is 5.18 Å². The first-order chi connectivity index (χ1) is 7.70. The Labute approximate surface area is 90.3 Å². The number of aromatic nitrogens is 4. The molecule has 0 bridgehead atoms. The van der Waals surface area contributed by atoms with E-state index in [1.54, 1.807) is 6.07 Å². The summed E-state index contributed by atoms with van der Waals surface area (Å²) in [5, 5.41) is 10.9. The standard InChI is InChI=1S/C10H9N5O/c1-5-3-9-7(11-5)4-8(14-16)10-13-12-6(2)15(9)10/h3-4,11H,1-2H3. The first-order valence-corrected chi connectivity index (χ1v) is 4.88. The van der Waals surface area contributed by atoms with E-state index in [1.165, 1.54) is 0 Å². The number of hydrogen-bond donors (Lipinski definition) is 1. The van der Waals surface area contributed by atoms with E-state index in [-0.39, 0.29) is 0 Å². The molecule has 0 amide bonds. The van der Waals surface area contributed by atoms with Crippen LogP contribution in [0.15, 0.2) is 17.3 Å². The van der Waals surface area contributed by atoms with Crippen LogP contribution in [0.3, 0.4) is 0 Å². The van der Waals surface area contributed by atoms with Crippen LogP contribution in [-0.4, -0.2) is 19.6 Å². The van der Waals surface area contributed by atoms with E-state index in [0.29, 0.717) is 11.3 Å². The highest BCUT2D eigenvalue weighted by Crippen LogP contribution is 2.26. The Hall–Kier alpha value is -2.24. The fourth-order valence-electron chi connectivity index (χ4n) is 1.98. The molecule has 0 spiro atoms. The van der Waals surface area contributed by atoms with Crippen molar-refractivity contribution in [1.29, 1.82) is 0 Å². The van der Waals surface area contributed by atoms with Gasteiger partial charge in [0.2, 0.25) is 0 Å². The monoisotopic (exact) mass is 215 g/mol. The molecule has 0 aliphatic heterocycles. The van der Waals surface area contributed by atoms with Crippen molar-refractivity contribution in [3.63, 3.8) is 0 Å². The van der Waals surface area contributed by atoms with Gasteiger partial charge in [-0.15, -0.1) is 15.1 Å². The maximum atomic E-state index is 10.7. The maximum Gasteiger partial charge on any atom is 0.190 e. The minimum Gasteiger partial charge on any atom is -0.357 e. The van der Waals surface area contributed by atoms with Crippen LogP contribution in [0.25, 0.3) is 16.7 Å². The second kappa shape index (κ2) is 2.88. The van der Waals surface area contributed by atoms with Gasteiger partial charge in [0.1, 0.15) is 5.82 Å². The normalized spacial score (nSPS) is 11.4. The average molecular weight is 215 g/mol. The molecule has 3 aromatic heterocycles. The molecule has 3 aromatic rings. The van der Waals surface area contributed by atoms with E-state index in [9.17, 15) is 4.91 Å². The summed E-state index contributed by atoms with van der Waals surface area (Å²) in [7, 11) is 0. The molecule has 80 valence electrons. The summed E-state index contributed by atoms with van der Waals surface area (Å²) in [6.07, 6.45) is 0. The van der Waals surface area contributed by atoms with E-state index in [4.69, 9.17) is 0 Å². The fraction of sp³-hybridized carbons (Fsp3) is 0.200. The molecule has 0 unspecified atom stereocenters. The smallest absolute Gasteiger partial charge is 0.190 e. The van der Waals surface area contributed by atoms with Gasteiger partial charge in [-0.2, -0.15) is 0 Å². The molecule has 0 aliphatic rings. The predicted octanol–water partition coefficient (Wildman–Crippen LogP) is 2.23. The van der Waals surface area contributed by atoms with Crippen molar-refractivity contribution >= 4 is 22.4 Å². The molecule has 16 heavy (non-hydrogen) atoms. The van der Waals surface area contributed by atoms with Crippen molar-refractivity contribution in [2.75, 3.05) is 0 Å². The van der Waals surface area contributed by atoms with Gasteiger partial charge >= 0.3 is 0 Å². The van der Waals surface area contributed by atoms with Gasteiger partial charge in [-0.05, 0) is 31.2 Å². The molecule has 6 nitrogen and oxygen atoms in total. The number of rotatable bonds is 1. The lowest BCUT2D eigenvalue weighted by Gasteiger charge is -1.98. The number of H-pyrrole nitrogens is 1. The van der Waals surface area contributed by atoms with Gasteiger partial charge in [0.05, 0.1) is 11.0 Å². The number of aromatic amines is 1. The molecule has 0 radical (unpaired) electrons. The van der Waals surface area contributed by atoms with E-state index < -0.39 is 0 Å². The van der Waals surface area contributed by atoms with Gasteiger partial charge in [0, 0.05) is 5.69 Å². The van der Waals surface area contributed by atoms with Gasteiger partial charge in [-0.25, -0.2) is 0 Å². The van der Waals surface area contributed by atoms with Crippen LogP contribution in [-0.2, 0) is 0 Å². The summed E-state index contributed by atoms with van der Waals surface area (Å²) >= 11 is 0. The topological polar surface area (TPSA) is 75.4 Å². The molecule has 0 aromatic carbocycles. The molecule has 3 heterocycles. The average Bonchev–Trinajstić information content (AvgIpc) is 2.80. The van der Waals surface area contributed by atoms with Crippen molar-refractivity contribution in [2.45, 2.75) is 13.8 Å². The summed E-state index contributed by atoms with van der Waals surface area (Å²) in [5.41, 5.74) is 3.64. The Balaban J connectivity index is 2.64. The van der Waals surface area contributed by atoms with Crippen LogP contribution in [0, 0.1) is 18.8 Å². The summed E-state index contributed by atoms with van der Waals surface area (Å²) in [6.45, 7) is 3.80. The van der Waals surface area contributed by atoms with E-state index >= 15 is 0 Å². The Morgan fingerprint density at radius 3 is 2.88 bits per heavy atom. The minimum atomic E-state index is 0.301. The van der Waals surface area contributed by atoms with Gasteiger partial charge in [-0.3, -0.25) is 4.40 Å². The molecule has 1 N–H and O–H groups in total. The largest absolute Gasteiger partial charge is 0.357 e. The second-order valence-electron chi connectivity index (χ2n) is 3.78. The van der Waals surface area contributed by atoms with E-state index in [2.05, 4.69) is 20.4 Å². The van der Waals surface area contributed by atoms with Crippen molar-refractivity contribution in [1.82, 2.24) is 19.6 Å². The van der Waals surface area contributed by atoms with Crippen LogP contribution in [0.1, 0.15) is 11.5 Å². The maximum absolute atomic E-state index is 10.7. The SMILES string of the molecule is Cc1cc2c(cc(N=O)c3nnc(C)n32)[nH]1. The van der Waals surface area contributed by atoms with Crippen LogP contribution in [0.2, 0.25) is 0 Å². The van der Waals surface area contributed by atoms with Crippen molar-refractivity contribution in [3.05, 3.63) is 28.6 Å². The Morgan fingerprint density at radius 1 is 1.31 bits per heavy atom. The van der Waals surface area contributed by atoms with Crippen LogP contribution < -0.4 is 0 Å². The zero-order chi connectivity index (χ0) is 11.3. The van der Waals surface area contributed by atoms with Gasteiger partial charge in [-0.1, -0.05) is 0 Å². The number of nitrogens with zero attached hydrogens (tertiary/aromatic N) is 4. The Kier molecular flexibility index (Phi) is 1.62. The van der Waals surface area contributed by atoms with Crippen molar-refractivity contribution < 1.29 is 0 Å². The molecule has 0 aliphatic carbocycles. The number of hydrogen-bond acceptors (Lipinski definition) is 4. The van der Waals surface area contributed by atoms with Gasteiger partial charge in [0.25, 0.3) is 0 Å². The third kappa shape index (κ3) is 1.01. The Bertz CT molecular complexity index is 709. The molecule has 0 saturated heterocycles. The first kappa shape index (κ1) is 9.02. The number of nitrogens with one attached hydrogen (secondary N) is 1. The van der Waals surface area contributed by atoms with Gasteiger partial charge in [0.15, 0.2) is 11.3 Å². The van der Waals surface area contributed by atoms with E-state index in [0.717, 1.165) is 22.6 Å².